The average Bonchev–Trinajstić information content (AvgIpc) is 2.29. The Balaban J connectivity index is 1.98. The molecule has 0 aromatic carbocycles. The summed E-state index contributed by atoms with van der Waals surface area (Å²) in [6.07, 6.45) is 7.60. The third-order valence-corrected chi connectivity index (χ3v) is 1.88. The zero-order valence-corrected chi connectivity index (χ0v) is 7.77. The molecule has 2 heteroatoms. The van der Waals surface area contributed by atoms with Crippen molar-refractivity contribution in [2.45, 2.75) is 25.6 Å². The molecule has 0 saturated carbocycles. The molecule has 0 fully saturated rings. The molecule has 2 rings (SSSR count). The Bertz CT molecular complexity index is 440. The van der Waals surface area contributed by atoms with Crippen molar-refractivity contribution < 1.29 is 5.48 Å². The lowest BCUT2D eigenvalue weighted by Crippen LogP contribution is -1.82. The lowest BCUT2D eigenvalue weighted by atomic mass is 10.1. The first kappa shape index (κ1) is 5.44. The summed E-state index contributed by atoms with van der Waals surface area (Å²) in [5, 5.41) is 8.02. The van der Waals surface area contributed by atoms with E-state index in [0.29, 0.717) is 24.2 Å². The van der Waals surface area contributed by atoms with Crippen LogP contribution in [0.5, 0.6) is 0 Å². The maximum Gasteiger partial charge on any atom is 0.0814 e. The highest BCUT2D eigenvalue weighted by atomic mass is 15.1. The Hall–Kier alpha value is -1.44. The van der Waals surface area contributed by atoms with Crippen LogP contribution in [-0.4, -0.2) is 0 Å². The monoisotopic (exact) mass is 190 g/mol. The molecule has 0 amide bonds. The molecule has 0 radical (unpaired) electrons. The number of azo groups is 1. The topological polar surface area (TPSA) is 24.7 Å². The van der Waals surface area contributed by atoms with Crippen LogP contribution in [0.4, 0.5) is 0 Å². The van der Waals surface area contributed by atoms with Crippen molar-refractivity contribution in [3.63, 3.8) is 0 Å². The summed E-state index contributed by atoms with van der Waals surface area (Å²) in [7, 11) is 0. The summed E-state index contributed by atoms with van der Waals surface area (Å²) in [4.78, 5) is 0. The predicted octanol–water partition coefficient (Wildman–Crippen LogP) is 3.91. The van der Waals surface area contributed by atoms with Crippen molar-refractivity contribution in [3.05, 3.63) is 47.9 Å². The highest BCUT2D eigenvalue weighted by Gasteiger charge is 1.96. The minimum atomic E-state index is -1.29. The van der Waals surface area contributed by atoms with Crippen molar-refractivity contribution in [1.82, 2.24) is 0 Å². The summed E-state index contributed by atoms with van der Waals surface area (Å²) < 4.78 is 29.9. The fourth-order valence-corrected chi connectivity index (χ4v) is 1.15. The molecule has 0 spiro atoms. The molecule has 2 nitrogen and oxygen atoms in total. The van der Waals surface area contributed by atoms with Crippen LogP contribution >= 0.6 is 0 Å². The summed E-state index contributed by atoms with van der Waals surface area (Å²) >= 11 is 0. The van der Waals surface area contributed by atoms with E-state index in [1.54, 1.807) is 24.3 Å². The van der Waals surface area contributed by atoms with E-state index in [-0.39, 0.29) is 0 Å². The molecular weight excluding hydrogens is 172 g/mol. The average molecular weight is 190 g/mol. The van der Waals surface area contributed by atoms with E-state index in [0.717, 1.165) is 0 Å². The van der Waals surface area contributed by atoms with E-state index in [1.807, 2.05) is 0 Å². The number of hydrogen-bond donors (Lipinski definition) is 0. The molecule has 0 heterocycles. The summed E-state index contributed by atoms with van der Waals surface area (Å²) in [5.74, 6) is 0. The maximum absolute atomic E-state index is 7.49. The molecule has 0 bridgehead atoms. The predicted molar refractivity (Wildman–Crippen MR) is 57.8 cm³/mol. The summed E-state index contributed by atoms with van der Waals surface area (Å²) in [6, 6.07) is 0. The Morgan fingerprint density at radius 3 is 1.79 bits per heavy atom. The van der Waals surface area contributed by atoms with Gasteiger partial charge in [-0.3, -0.25) is 0 Å². The van der Waals surface area contributed by atoms with Crippen LogP contribution in [0, 0.1) is 0 Å². The van der Waals surface area contributed by atoms with Gasteiger partial charge in [0.2, 0.25) is 0 Å². The van der Waals surface area contributed by atoms with Crippen LogP contribution in [0.1, 0.15) is 31.1 Å². The van der Waals surface area contributed by atoms with E-state index < -0.39 is 12.7 Å². The molecule has 0 unspecified atom stereocenters. The third-order valence-electron chi connectivity index (χ3n) is 1.88. The molecule has 0 aromatic heterocycles. The Morgan fingerprint density at radius 2 is 1.43 bits per heavy atom. The second-order valence-corrected chi connectivity index (χ2v) is 2.94. The lowest BCUT2D eigenvalue weighted by molar-refractivity contribution is 0.965. The zero-order chi connectivity index (χ0) is 13.2. The van der Waals surface area contributed by atoms with Crippen LogP contribution in [0.2, 0.25) is 0 Å². The molecule has 0 atom stereocenters. The second-order valence-electron chi connectivity index (χ2n) is 2.94. The van der Waals surface area contributed by atoms with Crippen molar-refractivity contribution >= 4 is 0 Å². The van der Waals surface area contributed by atoms with Gasteiger partial charge in [-0.05, 0) is 37.7 Å². The highest BCUT2D eigenvalue weighted by molar-refractivity contribution is 5.23. The number of hydrogen-bond acceptors (Lipinski definition) is 2. The van der Waals surface area contributed by atoms with Gasteiger partial charge in [-0.1, -0.05) is 24.3 Å². The molecule has 2 aliphatic rings. The molecule has 0 saturated heterocycles. The Labute approximate surface area is 90.1 Å². The van der Waals surface area contributed by atoms with Crippen LogP contribution in [-0.2, 0) is 0 Å². The van der Waals surface area contributed by atoms with Crippen molar-refractivity contribution in [3.8, 4) is 0 Å². The minimum Gasteiger partial charge on any atom is -0.151 e. The van der Waals surface area contributed by atoms with E-state index in [1.165, 1.54) is 12.2 Å². The van der Waals surface area contributed by atoms with Gasteiger partial charge in [0.1, 0.15) is 0 Å². The van der Waals surface area contributed by atoms with E-state index >= 15 is 0 Å². The van der Waals surface area contributed by atoms with E-state index in [9.17, 15) is 0 Å². The smallest absolute Gasteiger partial charge is 0.0814 e. The Morgan fingerprint density at radius 1 is 0.929 bits per heavy atom. The number of rotatable bonds is 2. The van der Waals surface area contributed by atoms with Crippen LogP contribution in [0.25, 0.3) is 0 Å². The molecule has 0 N–H and O–H groups in total. The van der Waals surface area contributed by atoms with E-state index in [4.69, 9.17) is 5.48 Å². The number of nitrogens with zero attached hydrogens (tertiary/aromatic N) is 2. The largest absolute Gasteiger partial charge is 0.151 e. The summed E-state index contributed by atoms with van der Waals surface area (Å²) in [5.41, 5.74) is 1.26. The van der Waals surface area contributed by atoms with Crippen molar-refractivity contribution in [2.24, 2.45) is 10.2 Å². The fourth-order valence-electron chi connectivity index (χ4n) is 1.15. The normalized spacial score (nSPS) is 32.6. The lowest BCUT2D eigenvalue weighted by Gasteiger charge is -2.01. The van der Waals surface area contributed by atoms with Crippen molar-refractivity contribution in [1.29, 1.82) is 0 Å². The molecule has 72 valence electrons. The maximum atomic E-state index is 7.49. The quantitative estimate of drug-likeness (QED) is 0.590. The summed E-state index contributed by atoms with van der Waals surface area (Å²) in [6.45, 7) is 0. The van der Waals surface area contributed by atoms with Gasteiger partial charge in [-0.2, -0.15) is 10.2 Å². The standard InChI is InChI=1S/C12H14N2/c1-3-7-11(8-4-1)13-14-12-9-5-2-6-10-12/h3,5,7-10H,1-2,4,6H2/i1D2,2D2. The van der Waals surface area contributed by atoms with Crippen LogP contribution in [0.3, 0.4) is 0 Å². The van der Waals surface area contributed by atoms with Crippen molar-refractivity contribution in [2.75, 3.05) is 0 Å². The third kappa shape index (κ3) is 2.52. The minimum absolute atomic E-state index is 0.301. The van der Waals surface area contributed by atoms with Crippen LogP contribution in [0.15, 0.2) is 58.1 Å². The zero-order valence-electron chi connectivity index (χ0n) is 11.8. The van der Waals surface area contributed by atoms with Gasteiger partial charge in [-0.25, -0.2) is 0 Å². The highest BCUT2D eigenvalue weighted by Crippen LogP contribution is 2.15. The van der Waals surface area contributed by atoms with Gasteiger partial charge < -0.3 is 0 Å². The van der Waals surface area contributed by atoms with Gasteiger partial charge in [-0.15, -0.1) is 0 Å². The molecule has 2 aliphatic carbocycles. The van der Waals surface area contributed by atoms with E-state index in [2.05, 4.69) is 10.2 Å². The number of allylic oxidation sites excluding steroid dienone is 6. The van der Waals surface area contributed by atoms with Gasteiger partial charge in [0.05, 0.1) is 11.4 Å². The first-order chi connectivity index (χ1) is 8.36. The fraction of sp³-hybridized carbons (Fsp3) is 0.333. The second kappa shape index (κ2) is 4.70. The van der Waals surface area contributed by atoms with Gasteiger partial charge in [0, 0.05) is 5.48 Å². The molecule has 0 aromatic rings. The molecule has 14 heavy (non-hydrogen) atoms. The molecular formula is C12H14N2. The first-order valence-corrected chi connectivity index (χ1v) is 4.57. The Kier molecular flexibility index (Phi) is 1.83. The first-order valence-electron chi connectivity index (χ1n) is 6.57. The van der Waals surface area contributed by atoms with Gasteiger partial charge in [0.15, 0.2) is 0 Å². The SMILES string of the molecule is [2H]C1([2H])C=CC(N=NC2=CCC([2H])([2H])C=C2)=CC1. The molecule has 0 aliphatic heterocycles. The van der Waals surface area contributed by atoms with Gasteiger partial charge >= 0.3 is 0 Å². The van der Waals surface area contributed by atoms with Crippen LogP contribution < -0.4 is 0 Å². The van der Waals surface area contributed by atoms with Gasteiger partial charge in [0.25, 0.3) is 0 Å².